The first-order chi connectivity index (χ1) is 25.8. The summed E-state index contributed by atoms with van der Waals surface area (Å²) in [4.78, 5) is 31.6. The number of carbonyl (C=O) groups is 2. The second-order valence-corrected chi connectivity index (χ2v) is 15.9. The molecule has 1 rings (SSSR count). The minimum Gasteiger partial charge on any atom is -0.462 e. The van der Waals surface area contributed by atoms with Crippen molar-refractivity contribution >= 4 is 11.9 Å². The van der Waals surface area contributed by atoms with Crippen molar-refractivity contribution in [2.75, 3.05) is 19.6 Å². The van der Waals surface area contributed by atoms with E-state index in [2.05, 4.69) is 49.1 Å². The van der Waals surface area contributed by atoms with Gasteiger partial charge in [-0.15, -0.1) is 0 Å². The van der Waals surface area contributed by atoms with Crippen molar-refractivity contribution in [1.29, 1.82) is 0 Å². The highest BCUT2D eigenvalue weighted by atomic mass is 16.5. The minimum absolute atomic E-state index is 0.0288. The van der Waals surface area contributed by atoms with Crippen LogP contribution in [0.4, 0.5) is 0 Å². The highest BCUT2D eigenvalue weighted by Crippen LogP contribution is 2.18. The molecule has 0 aromatic carbocycles. The maximum Gasteiger partial charge on any atom is 0.306 e. The molecule has 0 aliphatic heterocycles. The Morgan fingerprint density at radius 2 is 1.09 bits per heavy atom. The van der Waals surface area contributed by atoms with Gasteiger partial charge in [-0.05, 0) is 84.1 Å². The second kappa shape index (κ2) is 34.6. The van der Waals surface area contributed by atoms with Gasteiger partial charge in [0.15, 0.2) is 0 Å². The van der Waals surface area contributed by atoms with Gasteiger partial charge >= 0.3 is 11.9 Å². The number of aliphatic hydroxyl groups excluding tert-OH is 1. The van der Waals surface area contributed by atoms with E-state index < -0.39 is 0 Å². The molecule has 8 nitrogen and oxygen atoms in total. The van der Waals surface area contributed by atoms with Crippen molar-refractivity contribution in [3.8, 4) is 0 Å². The normalized spacial score (nSPS) is 13.9. The first kappa shape index (κ1) is 49.1. The number of carbonyl (C=O) groups excluding carboxylic acids is 2. The molecule has 0 saturated heterocycles. The first-order valence-corrected chi connectivity index (χ1v) is 22.6. The lowest BCUT2D eigenvalue weighted by Crippen LogP contribution is -2.35. The van der Waals surface area contributed by atoms with Crippen molar-refractivity contribution in [3.05, 3.63) is 18.7 Å². The molecule has 1 N–H and O–H groups in total. The third kappa shape index (κ3) is 28.2. The van der Waals surface area contributed by atoms with Crippen LogP contribution in [-0.4, -0.2) is 69.4 Å². The Balaban J connectivity index is 2.31. The molecule has 310 valence electrons. The van der Waals surface area contributed by atoms with Gasteiger partial charge in [0.25, 0.3) is 0 Å². The highest BCUT2D eigenvalue weighted by molar-refractivity contribution is 5.69. The molecule has 0 aliphatic carbocycles. The summed E-state index contributed by atoms with van der Waals surface area (Å²) in [6.45, 7) is 13.5. The van der Waals surface area contributed by atoms with Crippen molar-refractivity contribution in [2.45, 2.75) is 239 Å². The van der Waals surface area contributed by atoms with Crippen molar-refractivity contribution in [2.24, 2.45) is 0 Å². The molecular weight excluding hydrogens is 663 g/mol. The zero-order valence-corrected chi connectivity index (χ0v) is 35.4. The van der Waals surface area contributed by atoms with Crippen LogP contribution in [0, 0.1) is 0 Å². The number of hydrogen-bond acceptors (Lipinski definition) is 7. The summed E-state index contributed by atoms with van der Waals surface area (Å²) in [6, 6.07) is 0.354. The molecule has 0 bridgehead atoms. The Bertz CT molecular complexity index is 958. The van der Waals surface area contributed by atoms with Gasteiger partial charge in [-0.2, -0.15) is 0 Å². The van der Waals surface area contributed by atoms with Gasteiger partial charge in [-0.25, -0.2) is 4.98 Å². The molecule has 0 radical (unpaired) electrons. The minimum atomic E-state index is -0.369. The third-order valence-electron chi connectivity index (χ3n) is 10.9. The van der Waals surface area contributed by atoms with E-state index in [-0.39, 0.29) is 30.3 Å². The topological polar surface area (TPSA) is 93.9 Å². The molecule has 1 aromatic heterocycles. The van der Waals surface area contributed by atoms with Gasteiger partial charge in [-0.3, -0.25) is 9.59 Å². The van der Waals surface area contributed by atoms with Gasteiger partial charge in [0, 0.05) is 44.4 Å². The predicted molar refractivity (Wildman–Crippen MR) is 221 cm³/mol. The molecule has 1 aromatic rings. The lowest BCUT2D eigenvalue weighted by Gasteiger charge is -2.27. The number of rotatable bonds is 38. The Labute approximate surface area is 327 Å². The number of nitrogens with zero attached hydrogens (tertiary/aromatic N) is 3. The summed E-state index contributed by atoms with van der Waals surface area (Å²) in [6.07, 6.45) is 35.1. The number of ether oxygens (including phenoxy) is 2. The highest BCUT2D eigenvalue weighted by Gasteiger charge is 2.16. The molecule has 0 aliphatic rings. The zero-order valence-electron chi connectivity index (χ0n) is 35.4. The number of hydrogen-bond donors (Lipinski definition) is 1. The number of aromatic nitrogens is 2. The molecule has 0 amide bonds. The summed E-state index contributed by atoms with van der Waals surface area (Å²) < 4.78 is 13.7. The molecule has 53 heavy (non-hydrogen) atoms. The molecule has 1 heterocycles. The molecule has 0 spiro atoms. The summed E-state index contributed by atoms with van der Waals surface area (Å²) in [5, 5.41) is 11.0. The van der Waals surface area contributed by atoms with Crippen LogP contribution in [0.25, 0.3) is 0 Å². The number of imidazole rings is 1. The molecule has 4 atom stereocenters. The summed E-state index contributed by atoms with van der Waals surface area (Å²) in [7, 11) is 0. The summed E-state index contributed by atoms with van der Waals surface area (Å²) in [5.41, 5.74) is 0. The Kier molecular flexibility index (Phi) is 32.0. The first-order valence-electron chi connectivity index (χ1n) is 22.6. The summed E-state index contributed by atoms with van der Waals surface area (Å²) >= 11 is 0. The van der Waals surface area contributed by atoms with Crippen LogP contribution in [0.3, 0.4) is 0 Å². The van der Waals surface area contributed by atoms with Crippen LogP contribution in [0.2, 0.25) is 0 Å². The molecule has 4 unspecified atom stereocenters. The van der Waals surface area contributed by atoms with Crippen molar-refractivity contribution in [3.63, 3.8) is 0 Å². The van der Waals surface area contributed by atoms with Crippen LogP contribution in [0.1, 0.15) is 220 Å². The fourth-order valence-corrected chi connectivity index (χ4v) is 7.18. The molecular formula is C45H85N3O5. The maximum atomic E-state index is 12.5. The number of unbranched alkanes of at least 4 members (excludes halogenated alkanes) is 16. The fourth-order valence-electron chi connectivity index (χ4n) is 7.18. The van der Waals surface area contributed by atoms with Gasteiger partial charge in [-0.1, -0.05) is 124 Å². The van der Waals surface area contributed by atoms with Crippen LogP contribution in [0.5, 0.6) is 0 Å². The largest absolute Gasteiger partial charge is 0.462 e. The molecule has 0 saturated carbocycles. The quantitative estimate of drug-likeness (QED) is 0.0531. The molecule has 0 fully saturated rings. The van der Waals surface area contributed by atoms with Gasteiger partial charge in [0.05, 0.1) is 12.4 Å². The van der Waals surface area contributed by atoms with Gasteiger partial charge < -0.3 is 24.0 Å². The SMILES string of the molecule is CCCCCCCCC(CC)OC(=O)CCCCCCCN(CCC(C)n1ccnc1)CC(O)CCCCCC(=O)OC(CC)CCCCCCCC. The zero-order chi connectivity index (χ0) is 38.8. The van der Waals surface area contributed by atoms with Crippen LogP contribution in [0.15, 0.2) is 18.7 Å². The number of esters is 2. The Morgan fingerprint density at radius 3 is 1.60 bits per heavy atom. The average molecular weight is 748 g/mol. The van der Waals surface area contributed by atoms with E-state index in [1.165, 1.54) is 64.2 Å². The van der Waals surface area contributed by atoms with Crippen molar-refractivity contribution in [1.82, 2.24) is 14.5 Å². The smallest absolute Gasteiger partial charge is 0.306 e. The predicted octanol–water partition coefficient (Wildman–Crippen LogP) is 11.9. The van der Waals surface area contributed by atoms with Crippen LogP contribution in [-0.2, 0) is 19.1 Å². The van der Waals surface area contributed by atoms with E-state index in [9.17, 15) is 14.7 Å². The molecule has 8 heteroatoms. The fraction of sp³-hybridized carbons (Fsp3) is 0.889. The third-order valence-corrected chi connectivity index (χ3v) is 10.9. The Hall–Kier alpha value is -1.93. The lowest BCUT2D eigenvalue weighted by molar-refractivity contribution is -0.150. The van der Waals surface area contributed by atoms with Crippen LogP contribution >= 0.6 is 0 Å². The van der Waals surface area contributed by atoms with E-state index in [1.807, 2.05) is 18.7 Å². The van der Waals surface area contributed by atoms with Crippen LogP contribution < -0.4 is 0 Å². The lowest BCUT2D eigenvalue weighted by atomic mass is 10.1. The monoisotopic (exact) mass is 748 g/mol. The van der Waals surface area contributed by atoms with E-state index in [4.69, 9.17) is 9.47 Å². The Morgan fingerprint density at radius 1 is 0.623 bits per heavy atom. The second-order valence-electron chi connectivity index (χ2n) is 15.9. The van der Waals surface area contributed by atoms with Crippen molar-refractivity contribution < 1.29 is 24.2 Å². The standard InChI is InChI=1S/C45H85N3O5/c1-6-10-12-14-17-23-29-42(8-3)52-44(50)31-25-19-16-20-27-35-47(36-33-40(5)48-37-34-46-39-48)38-41(49)28-22-21-26-32-45(51)53-43(9-4)30-24-18-15-13-11-7-2/h34,37,39-43,49H,6-33,35-36,38H2,1-5H3. The maximum absolute atomic E-state index is 12.5. The van der Waals surface area contributed by atoms with E-state index in [0.29, 0.717) is 25.4 Å². The van der Waals surface area contributed by atoms with E-state index in [1.54, 1.807) is 0 Å². The van der Waals surface area contributed by atoms with E-state index >= 15 is 0 Å². The van der Waals surface area contributed by atoms with Gasteiger partial charge in [0.1, 0.15) is 12.2 Å². The summed E-state index contributed by atoms with van der Waals surface area (Å²) in [5.74, 6) is -0.0932. The number of aliphatic hydroxyl groups is 1. The average Bonchev–Trinajstić information content (AvgIpc) is 3.70. The van der Waals surface area contributed by atoms with Gasteiger partial charge in [0.2, 0.25) is 0 Å². The van der Waals surface area contributed by atoms with E-state index in [0.717, 1.165) is 116 Å².